The van der Waals surface area contributed by atoms with E-state index < -0.39 is 6.16 Å². The molecule has 4 bridgehead atoms. The minimum atomic E-state index is -0.730. The molecule has 5 nitrogen and oxygen atoms in total. The van der Waals surface area contributed by atoms with E-state index in [1.165, 1.54) is 56.8 Å². The molecule has 33 heavy (non-hydrogen) atoms. The summed E-state index contributed by atoms with van der Waals surface area (Å²) in [5, 5.41) is 0. The first-order chi connectivity index (χ1) is 15.9. The maximum absolute atomic E-state index is 11.5. The predicted octanol–water partition coefficient (Wildman–Crippen LogP) is 6.01. The third kappa shape index (κ3) is 3.23. The standard InChI is InChI=1S/C28H32O5/c1-27(16-32-25-12-21(5-6-22(25)27)33-26(29)31-3)20-4-7-24(30-2)23(11-20)28-13-17-8-18(14-28)10-19(9-17)15-28/h4-7,11-12,17-19H,8-10,13-16H2,1-3H3. The Kier molecular flexibility index (Phi) is 4.69. The van der Waals surface area contributed by atoms with Gasteiger partial charge in [-0.3, -0.25) is 0 Å². The fraction of sp³-hybridized carbons (Fsp3) is 0.536. The summed E-state index contributed by atoms with van der Waals surface area (Å²) >= 11 is 0. The van der Waals surface area contributed by atoms with E-state index in [0.717, 1.165) is 34.8 Å². The van der Waals surface area contributed by atoms with Crippen LogP contribution in [0.3, 0.4) is 0 Å². The molecule has 2 aromatic carbocycles. The first kappa shape index (κ1) is 20.9. The van der Waals surface area contributed by atoms with Gasteiger partial charge in [0.2, 0.25) is 0 Å². The van der Waals surface area contributed by atoms with Crippen molar-refractivity contribution in [3.05, 3.63) is 53.1 Å². The summed E-state index contributed by atoms with van der Waals surface area (Å²) < 4.78 is 21.8. The van der Waals surface area contributed by atoms with E-state index in [4.69, 9.17) is 14.2 Å². The molecule has 0 radical (unpaired) electrons. The Labute approximate surface area is 195 Å². The fourth-order valence-corrected chi connectivity index (χ4v) is 7.72. The summed E-state index contributed by atoms with van der Waals surface area (Å²) in [4.78, 5) is 11.5. The molecule has 1 unspecified atom stereocenters. The highest BCUT2D eigenvalue weighted by Gasteiger charge is 2.53. The van der Waals surface area contributed by atoms with Gasteiger partial charge in [-0.25, -0.2) is 4.79 Å². The quantitative estimate of drug-likeness (QED) is 0.424. The Morgan fingerprint density at radius 1 is 0.939 bits per heavy atom. The molecule has 1 atom stereocenters. The normalized spacial score (nSPS) is 33.4. The van der Waals surface area contributed by atoms with Gasteiger partial charge in [0.1, 0.15) is 23.9 Å². The largest absolute Gasteiger partial charge is 0.513 e. The maximum atomic E-state index is 11.5. The average Bonchev–Trinajstić information content (AvgIpc) is 3.14. The number of carbonyl (C=O) groups is 1. The van der Waals surface area contributed by atoms with Crippen molar-refractivity contribution < 1.29 is 23.7 Å². The van der Waals surface area contributed by atoms with Gasteiger partial charge in [0, 0.05) is 17.2 Å². The van der Waals surface area contributed by atoms with Crippen LogP contribution in [0.4, 0.5) is 4.79 Å². The Bertz CT molecular complexity index is 1070. The van der Waals surface area contributed by atoms with Gasteiger partial charge in [-0.05, 0) is 86.3 Å². The van der Waals surface area contributed by atoms with E-state index in [1.54, 1.807) is 13.2 Å². The molecular formula is C28H32O5. The molecule has 4 fully saturated rings. The zero-order valence-corrected chi connectivity index (χ0v) is 19.7. The molecule has 4 aliphatic carbocycles. The number of carbonyl (C=O) groups excluding carboxylic acids is 1. The highest BCUT2D eigenvalue weighted by Crippen LogP contribution is 2.62. The third-order valence-electron chi connectivity index (χ3n) is 8.88. The first-order valence-electron chi connectivity index (χ1n) is 12.1. The van der Waals surface area contributed by atoms with E-state index in [9.17, 15) is 4.79 Å². The van der Waals surface area contributed by atoms with Gasteiger partial charge >= 0.3 is 6.16 Å². The smallest absolute Gasteiger partial charge is 0.496 e. The average molecular weight is 449 g/mol. The summed E-state index contributed by atoms with van der Waals surface area (Å²) in [7, 11) is 3.10. The number of fused-ring (bicyclic) bond motifs is 1. The molecular weight excluding hydrogens is 416 g/mol. The van der Waals surface area contributed by atoms with Crippen molar-refractivity contribution in [3.8, 4) is 17.2 Å². The molecule has 2 aromatic rings. The van der Waals surface area contributed by atoms with Crippen molar-refractivity contribution >= 4 is 6.16 Å². The second-order valence-electron chi connectivity index (χ2n) is 10.9. The van der Waals surface area contributed by atoms with Crippen LogP contribution in [0.2, 0.25) is 0 Å². The van der Waals surface area contributed by atoms with Gasteiger partial charge in [0.05, 0.1) is 19.6 Å². The van der Waals surface area contributed by atoms with Crippen LogP contribution < -0.4 is 14.2 Å². The van der Waals surface area contributed by atoms with E-state index in [-0.39, 0.29) is 10.8 Å². The molecule has 1 aliphatic heterocycles. The molecule has 0 N–H and O–H groups in total. The second-order valence-corrected chi connectivity index (χ2v) is 10.9. The van der Waals surface area contributed by atoms with E-state index in [1.807, 2.05) is 12.1 Å². The minimum Gasteiger partial charge on any atom is -0.496 e. The van der Waals surface area contributed by atoms with Crippen molar-refractivity contribution in [1.29, 1.82) is 0 Å². The molecule has 0 aromatic heterocycles. The van der Waals surface area contributed by atoms with Crippen molar-refractivity contribution in [3.63, 3.8) is 0 Å². The van der Waals surface area contributed by atoms with E-state index >= 15 is 0 Å². The molecule has 0 saturated heterocycles. The van der Waals surface area contributed by atoms with Gasteiger partial charge in [-0.2, -0.15) is 0 Å². The lowest BCUT2D eigenvalue weighted by atomic mass is 9.48. The number of benzene rings is 2. The fourth-order valence-electron chi connectivity index (χ4n) is 7.72. The van der Waals surface area contributed by atoms with Crippen molar-refractivity contribution in [2.45, 2.75) is 56.3 Å². The molecule has 4 saturated carbocycles. The van der Waals surface area contributed by atoms with Crippen LogP contribution in [-0.4, -0.2) is 27.0 Å². The molecule has 7 rings (SSSR count). The maximum Gasteiger partial charge on any atom is 0.513 e. The Hall–Kier alpha value is -2.69. The number of hydrogen-bond acceptors (Lipinski definition) is 5. The van der Waals surface area contributed by atoms with Crippen molar-refractivity contribution in [1.82, 2.24) is 0 Å². The molecule has 5 aliphatic rings. The molecule has 0 spiro atoms. The van der Waals surface area contributed by atoms with Crippen molar-refractivity contribution in [2.24, 2.45) is 17.8 Å². The van der Waals surface area contributed by atoms with Crippen LogP contribution in [0, 0.1) is 17.8 Å². The Morgan fingerprint density at radius 2 is 1.64 bits per heavy atom. The second kappa shape index (κ2) is 7.41. The molecule has 5 heteroatoms. The van der Waals surface area contributed by atoms with Gasteiger partial charge in [-0.1, -0.05) is 18.2 Å². The lowest BCUT2D eigenvalue weighted by Crippen LogP contribution is -2.48. The van der Waals surface area contributed by atoms with Gasteiger partial charge in [0.25, 0.3) is 0 Å². The lowest BCUT2D eigenvalue weighted by Gasteiger charge is -2.57. The molecule has 0 amide bonds. The Morgan fingerprint density at radius 3 is 2.27 bits per heavy atom. The van der Waals surface area contributed by atoms with Gasteiger partial charge < -0.3 is 18.9 Å². The first-order valence-corrected chi connectivity index (χ1v) is 12.1. The summed E-state index contributed by atoms with van der Waals surface area (Å²) in [6.07, 6.45) is 7.46. The van der Waals surface area contributed by atoms with E-state index in [2.05, 4.69) is 29.9 Å². The number of methoxy groups -OCH3 is 2. The predicted molar refractivity (Wildman–Crippen MR) is 124 cm³/mol. The van der Waals surface area contributed by atoms with Crippen molar-refractivity contribution in [2.75, 3.05) is 20.8 Å². The van der Waals surface area contributed by atoms with Gasteiger partial charge in [0.15, 0.2) is 0 Å². The zero-order chi connectivity index (χ0) is 22.8. The number of ether oxygens (including phenoxy) is 4. The van der Waals surface area contributed by atoms with Crippen LogP contribution in [0.25, 0.3) is 0 Å². The Balaban J connectivity index is 1.38. The van der Waals surface area contributed by atoms with Crippen LogP contribution in [0.15, 0.2) is 36.4 Å². The summed E-state index contributed by atoms with van der Waals surface area (Å²) in [6.45, 7) is 2.79. The van der Waals surface area contributed by atoms with Crippen LogP contribution in [-0.2, 0) is 15.6 Å². The lowest BCUT2D eigenvalue weighted by molar-refractivity contribution is -0.00622. The number of hydrogen-bond donors (Lipinski definition) is 0. The summed E-state index contributed by atoms with van der Waals surface area (Å²) in [5.74, 6) is 4.85. The molecule has 1 heterocycles. The third-order valence-corrected chi connectivity index (χ3v) is 8.88. The summed E-state index contributed by atoms with van der Waals surface area (Å²) in [6, 6.07) is 12.4. The summed E-state index contributed by atoms with van der Waals surface area (Å²) in [5.41, 5.74) is 3.76. The monoisotopic (exact) mass is 448 g/mol. The van der Waals surface area contributed by atoms with Crippen LogP contribution in [0.5, 0.6) is 17.2 Å². The highest BCUT2D eigenvalue weighted by atomic mass is 16.7. The van der Waals surface area contributed by atoms with E-state index in [0.29, 0.717) is 12.4 Å². The highest BCUT2D eigenvalue weighted by molar-refractivity contribution is 5.65. The SMILES string of the molecule is COC(=O)Oc1ccc2c(c1)OCC2(C)c1ccc(OC)c(C23CC4CC(CC(C4)C2)C3)c1. The van der Waals surface area contributed by atoms with Crippen LogP contribution >= 0.6 is 0 Å². The topological polar surface area (TPSA) is 54.0 Å². The van der Waals surface area contributed by atoms with Crippen LogP contribution in [0.1, 0.15) is 62.1 Å². The zero-order valence-electron chi connectivity index (χ0n) is 19.7. The van der Waals surface area contributed by atoms with Gasteiger partial charge in [-0.15, -0.1) is 0 Å². The number of rotatable bonds is 4. The molecule has 174 valence electrons. The minimum absolute atomic E-state index is 0.257.